The van der Waals surface area contributed by atoms with Gasteiger partial charge in [0.25, 0.3) is 0 Å². The first-order valence-electron chi connectivity index (χ1n) is 3.59. The molecule has 12 heavy (non-hydrogen) atoms. The molecule has 0 aliphatic carbocycles. The van der Waals surface area contributed by atoms with Crippen molar-refractivity contribution in [3.63, 3.8) is 0 Å². The van der Waals surface area contributed by atoms with E-state index in [1.54, 1.807) is 0 Å². The molecule has 5 heteroatoms. The molecule has 0 aliphatic heterocycles. The van der Waals surface area contributed by atoms with Crippen LogP contribution in [0.25, 0.3) is 0 Å². The summed E-state index contributed by atoms with van der Waals surface area (Å²) in [5, 5.41) is 0. The molecule has 0 N–H and O–H groups in total. The highest BCUT2D eigenvalue weighted by Gasteiger charge is 2.18. The molecular weight excluding hydrogens is 191 g/mol. The summed E-state index contributed by atoms with van der Waals surface area (Å²) < 4.78 is 20.7. The molecule has 0 heterocycles. The van der Waals surface area contributed by atoms with Gasteiger partial charge in [0.05, 0.1) is 0 Å². The minimum absolute atomic E-state index is 1.34. The van der Waals surface area contributed by atoms with Crippen LogP contribution >= 0.6 is 7.60 Å². The second-order valence-electron chi connectivity index (χ2n) is 3.35. The molecule has 0 aromatic rings. The van der Waals surface area contributed by atoms with Gasteiger partial charge in [-0.25, -0.2) is 4.57 Å². The van der Waals surface area contributed by atoms with E-state index < -0.39 is 15.7 Å². The standard InChI is InChI=1S/C7H15O3PSi/c1-9-11(8,10-2)6-7-12(3,4)5/h1-5H3. The number of rotatable bonds is 2. The van der Waals surface area contributed by atoms with Crippen molar-refractivity contribution in [3.05, 3.63) is 0 Å². The average molecular weight is 206 g/mol. The van der Waals surface area contributed by atoms with Gasteiger partial charge >= 0.3 is 7.60 Å². The van der Waals surface area contributed by atoms with Gasteiger partial charge in [-0.3, -0.25) is 0 Å². The summed E-state index contributed by atoms with van der Waals surface area (Å²) in [6, 6.07) is 0. The maximum Gasteiger partial charge on any atom is 0.404 e. The molecule has 3 nitrogen and oxygen atoms in total. The Morgan fingerprint density at radius 1 is 1.17 bits per heavy atom. The molecule has 0 spiro atoms. The maximum atomic E-state index is 11.4. The fourth-order valence-corrected chi connectivity index (χ4v) is 2.62. The maximum absolute atomic E-state index is 11.4. The molecular formula is C7H15O3PSi. The molecule has 0 fully saturated rings. The summed E-state index contributed by atoms with van der Waals surface area (Å²) in [5.74, 6) is 0. The van der Waals surface area contributed by atoms with Gasteiger partial charge in [-0.05, 0) is 0 Å². The minimum Gasteiger partial charge on any atom is -0.303 e. The third-order valence-corrected chi connectivity index (χ3v) is 3.48. The first-order chi connectivity index (χ1) is 5.33. The molecule has 0 aliphatic rings. The molecule has 70 valence electrons. The first kappa shape index (κ1) is 11.9. The second kappa shape index (κ2) is 4.24. The molecule has 0 saturated carbocycles. The summed E-state index contributed by atoms with van der Waals surface area (Å²) in [7, 11) is -1.92. The third kappa shape index (κ3) is 4.73. The van der Waals surface area contributed by atoms with Crippen LogP contribution in [0.4, 0.5) is 0 Å². The predicted molar refractivity (Wildman–Crippen MR) is 52.7 cm³/mol. The van der Waals surface area contributed by atoms with E-state index in [4.69, 9.17) is 0 Å². The number of hydrogen-bond acceptors (Lipinski definition) is 3. The van der Waals surface area contributed by atoms with E-state index in [0.717, 1.165) is 0 Å². The van der Waals surface area contributed by atoms with E-state index in [1.807, 2.05) is 0 Å². The Kier molecular flexibility index (Phi) is 4.22. The Morgan fingerprint density at radius 3 is 1.83 bits per heavy atom. The summed E-state index contributed by atoms with van der Waals surface area (Å²) >= 11 is 0. The zero-order chi connectivity index (χ0) is 9.83. The van der Waals surface area contributed by atoms with Gasteiger partial charge in [0.2, 0.25) is 0 Å². The fraction of sp³-hybridized carbons (Fsp3) is 0.714. The molecule has 0 saturated heterocycles. The highest BCUT2D eigenvalue weighted by Crippen LogP contribution is 2.44. The molecule has 0 radical (unpaired) electrons. The van der Waals surface area contributed by atoms with Crippen molar-refractivity contribution in [2.75, 3.05) is 14.2 Å². The van der Waals surface area contributed by atoms with Gasteiger partial charge in [0.15, 0.2) is 0 Å². The van der Waals surface area contributed by atoms with Crippen molar-refractivity contribution >= 4 is 15.7 Å². The zero-order valence-electron chi connectivity index (χ0n) is 8.17. The van der Waals surface area contributed by atoms with Crippen LogP contribution in [0.3, 0.4) is 0 Å². The lowest BCUT2D eigenvalue weighted by molar-refractivity contribution is 0.288. The Bertz CT molecular complexity index is 238. The fourth-order valence-electron chi connectivity index (χ4n) is 0.402. The van der Waals surface area contributed by atoms with Crippen molar-refractivity contribution in [2.24, 2.45) is 0 Å². The minimum atomic E-state index is -3.10. The molecule has 0 amide bonds. The Labute approximate surface area is 75.0 Å². The predicted octanol–water partition coefficient (Wildman–Crippen LogP) is 2.31. The van der Waals surface area contributed by atoms with E-state index in [1.165, 1.54) is 14.2 Å². The smallest absolute Gasteiger partial charge is 0.303 e. The van der Waals surface area contributed by atoms with Gasteiger partial charge < -0.3 is 9.05 Å². The van der Waals surface area contributed by atoms with Gasteiger partial charge in [-0.2, -0.15) is 0 Å². The topological polar surface area (TPSA) is 35.5 Å². The summed E-state index contributed by atoms with van der Waals surface area (Å²) in [5.41, 5.74) is 5.50. The van der Waals surface area contributed by atoms with Crippen molar-refractivity contribution < 1.29 is 13.6 Å². The van der Waals surface area contributed by atoms with Crippen molar-refractivity contribution in [3.8, 4) is 11.2 Å². The lowest BCUT2D eigenvalue weighted by Crippen LogP contribution is -2.16. The summed E-state index contributed by atoms with van der Waals surface area (Å²) in [4.78, 5) is 0. The molecule has 0 rings (SSSR count). The number of hydrogen-bond donors (Lipinski definition) is 0. The van der Waals surface area contributed by atoms with Crippen LogP contribution in [-0.2, 0) is 13.6 Å². The van der Waals surface area contributed by atoms with E-state index in [9.17, 15) is 4.57 Å². The van der Waals surface area contributed by atoms with Crippen LogP contribution in [-0.4, -0.2) is 22.3 Å². The van der Waals surface area contributed by atoms with Gasteiger partial charge in [0.1, 0.15) is 8.07 Å². The third-order valence-electron chi connectivity index (χ3n) is 1.05. The molecule has 0 unspecified atom stereocenters. The van der Waals surface area contributed by atoms with Gasteiger partial charge in [-0.1, -0.05) is 19.6 Å². The lowest BCUT2D eigenvalue weighted by Gasteiger charge is -2.07. The van der Waals surface area contributed by atoms with Crippen LogP contribution in [0.5, 0.6) is 0 Å². The van der Waals surface area contributed by atoms with Crippen LogP contribution in [0.2, 0.25) is 19.6 Å². The van der Waals surface area contributed by atoms with Crippen LogP contribution in [0, 0.1) is 11.2 Å². The van der Waals surface area contributed by atoms with Crippen molar-refractivity contribution in [2.45, 2.75) is 19.6 Å². The Balaban J connectivity index is 4.58. The molecule has 0 atom stereocenters. The van der Waals surface area contributed by atoms with Crippen LogP contribution in [0.1, 0.15) is 0 Å². The van der Waals surface area contributed by atoms with Gasteiger partial charge in [0, 0.05) is 19.9 Å². The highest BCUT2D eigenvalue weighted by molar-refractivity contribution is 7.59. The second-order valence-corrected chi connectivity index (χ2v) is 10.0. The summed E-state index contributed by atoms with van der Waals surface area (Å²) in [6.07, 6.45) is 0. The van der Waals surface area contributed by atoms with E-state index in [0.29, 0.717) is 0 Å². The largest absolute Gasteiger partial charge is 0.404 e. The van der Waals surface area contributed by atoms with Crippen molar-refractivity contribution in [1.82, 2.24) is 0 Å². The van der Waals surface area contributed by atoms with Crippen molar-refractivity contribution in [1.29, 1.82) is 0 Å². The Morgan fingerprint density at radius 2 is 1.58 bits per heavy atom. The van der Waals surface area contributed by atoms with Crippen LogP contribution < -0.4 is 0 Å². The highest BCUT2D eigenvalue weighted by atomic mass is 31.2. The lowest BCUT2D eigenvalue weighted by atomic mass is 11.4. The Hall–Kier alpha value is -0.0731. The first-order valence-corrected chi connectivity index (χ1v) is 8.63. The van der Waals surface area contributed by atoms with E-state index in [2.05, 4.69) is 39.9 Å². The summed E-state index contributed by atoms with van der Waals surface area (Å²) in [6.45, 7) is 6.20. The van der Waals surface area contributed by atoms with E-state index >= 15 is 0 Å². The van der Waals surface area contributed by atoms with Crippen LogP contribution in [0.15, 0.2) is 0 Å². The average Bonchev–Trinajstić information content (AvgIpc) is 1.99. The normalized spacial score (nSPS) is 12.1. The zero-order valence-corrected chi connectivity index (χ0v) is 10.1. The SMILES string of the molecule is COP(=O)(C#C[Si](C)(C)C)OC. The monoisotopic (exact) mass is 206 g/mol. The van der Waals surface area contributed by atoms with E-state index in [-0.39, 0.29) is 0 Å². The molecule has 0 bridgehead atoms. The molecule has 0 aromatic heterocycles. The van der Waals surface area contributed by atoms with Gasteiger partial charge in [-0.15, -0.1) is 5.54 Å². The quantitative estimate of drug-likeness (QED) is 0.395. The molecule has 0 aromatic carbocycles.